The van der Waals surface area contributed by atoms with Crippen LogP contribution in [0.3, 0.4) is 0 Å². The summed E-state index contributed by atoms with van der Waals surface area (Å²) in [6.07, 6.45) is 0.995. The van der Waals surface area contributed by atoms with Gasteiger partial charge in [0.15, 0.2) is 5.84 Å². The number of carbonyl (C=O) groups excluding carboxylic acids is 1. The van der Waals surface area contributed by atoms with Crippen LogP contribution < -0.4 is 15.3 Å². The Morgan fingerprint density at radius 1 is 1.23 bits per heavy atom. The lowest BCUT2D eigenvalue weighted by molar-refractivity contribution is -0.129. The summed E-state index contributed by atoms with van der Waals surface area (Å²) in [6, 6.07) is 8.16. The predicted octanol–water partition coefficient (Wildman–Crippen LogP) is 4.45. The van der Waals surface area contributed by atoms with Crippen molar-refractivity contribution in [3.63, 3.8) is 0 Å². The van der Waals surface area contributed by atoms with E-state index in [0.29, 0.717) is 16.8 Å². The van der Waals surface area contributed by atoms with Crippen LogP contribution in [0.5, 0.6) is 0 Å². The van der Waals surface area contributed by atoms with E-state index in [1.807, 2.05) is 20.8 Å². The minimum Gasteiger partial charge on any atom is -0.509 e. The molecule has 0 fully saturated rings. The molecule has 0 spiro atoms. The second kappa shape index (κ2) is 10.1. The Kier molecular flexibility index (Phi) is 7.44. The van der Waals surface area contributed by atoms with Gasteiger partial charge in [0.25, 0.3) is 5.91 Å². The number of aryl methyl sites for hydroxylation is 1. The molecule has 2 aromatic rings. The number of hydrogen-bond donors (Lipinski definition) is 3. The molecule has 2 unspecified atom stereocenters. The Balaban J connectivity index is 1.79. The smallest absolute Gasteiger partial charge is 0.348 e. The average molecular weight is 579 g/mol. The second-order valence-corrected chi connectivity index (χ2v) is 14.4. The zero-order valence-electron chi connectivity index (χ0n) is 22.6. The highest BCUT2D eigenvalue weighted by Gasteiger charge is 2.48. The number of carbonyl (C=O) groups is 1. The lowest BCUT2D eigenvalue weighted by Gasteiger charge is -2.35. The molecule has 1 amide bonds. The topological polar surface area (TPSA) is 137 Å². The normalized spacial score (nSPS) is 21.5. The van der Waals surface area contributed by atoms with Gasteiger partial charge in [-0.1, -0.05) is 32.9 Å². The van der Waals surface area contributed by atoms with Gasteiger partial charge in [-0.05, 0) is 54.7 Å². The first-order valence-electron chi connectivity index (χ1n) is 12.3. The van der Waals surface area contributed by atoms with E-state index < -0.39 is 34.9 Å². The summed E-state index contributed by atoms with van der Waals surface area (Å²) in [5.74, 6) is -1.25. The van der Waals surface area contributed by atoms with Crippen molar-refractivity contribution in [3.05, 3.63) is 64.7 Å². The molecular weight excluding hydrogens is 546 g/mol. The van der Waals surface area contributed by atoms with Gasteiger partial charge in [-0.3, -0.25) is 14.1 Å². The van der Waals surface area contributed by atoms with Crippen LogP contribution in [0.25, 0.3) is 0 Å². The van der Waals surface area contributed by atoms with E-state index in [2.05, 4.69) is 14.8 Å². The summed E-state index contributed by atoms with van der Waals surface area (Å²) in [5.41, 5.74) is 0.840. The third kappa shape index (κ3) is 5.73. The summed E-state index contributed by atoms with van der Waals surface area (Å²) in [5, 5.41) is 14.5. The number of fused-ring (bicyclic) bond motifs is 1. The number of nitrogens with one attached hydrogen (secondary N) is 2. The van der Waals surface area contributed by atoms with Gasteiger partial charge in [0.05, 0.1) is 29.9 Å². The molecule has 0 bridgehead atoms. The maximum absolute atomic E-state index is 14.0. The lowest BCUT2D eigenvalue weighted by Crippen LogP contribution is -2.43. The predicted molar refractivity (Wildman–Crippen MR) is 149 cm³/mol. The molecule has 0 saturated carbocycles. The summed E-state index contributed by atoms with van der Waals surface area (Å²) >= 11 is 0. The van der Waals surface area contributed by atoms with Crippen LogP contribution in [0.4, 0.5) is 15.8 Å². The highest BCUT2D eigenvalue weighted by Crippen LogP contribution is 2.53. The standard InChI is InChI=1S/C26H32FN4O6PS/c1-7-37-38(34)20-13-17(30-39(6,35)36)9-11-19(20)28-24(29-38)21-22(32)23(26(3,4)5)31(25(21)33)14-16-8-10-18(27)15(2)12-16/h8-13,23,30,32H,7,14H2,1-6H3,(H,28,29,34). The molecule has 2 aliphatic rings. The molecule has 210 valence electrons. The van der Waals surface area contributed by atoms with Crippen molar-refractivity contribution >= 4 is 46.0 Å². The summed E-state index contributed by atoms with van der Waals surface area (Å²) < 4.78 is 63.5. The molecule has 0 saturated heterocycles. The van der Waals surface area contributed by atoms with E-state index in [4.69, 9.17) is 4.52 Å². The van der Waals surface area contributed by atoms with Gasteiger partial charge in [0, 0.05) is 12.2 Å². The summed E-state index contributed by atoms with van der Waals surface area (Å²) in [6.45, 7) is 9.02. The van der Waals surface area contributed by atoms with Crippen LogP contribution in [0.2, 0.25) is 0 Å². The maximum Gasteiger partial charge on any atom is 0.348 e. The van der Waals surface area contributed by atoms with Gasteiger partial charge in [0.2, 0.25) is 10.0 Å². The molecule has 10 nitrogen and oxygen atoms in total. The lowest BCUT2D eigenvalue weighted by atomic mass is 9.85. The molecule has 0 aromatic heterocycles. The van der Waals surface area contributed by atoms with Gasteiger partial charge >= 0.3 is 7.52 Å². The number of nitrogens with zero attached hydrogens (tertiary/aromatic N) is 2. The minimum atomic E-state index is -3.98. The highest BCUT2D eigenvalue weighted by atomic mass is 32.2. The first-order valence-corrected chi connectivity index (χ1v) is 15.7. The number of amidine groups is 1. The zero-order chi connectivity index (χ0) is 28.9. The van der Waals surface area contributed by atoms with E-state index >= 15 is 0 Å². The van der Waals surface area contributed by atoms with Crippen LogP contribution in [0.1, 0.15) is 38.8 Å². The number of benzene rings is 2. The van der Waals surface area contributed by atoms with Crippen molar-refractivity contribution in [2.24, 2.45) is 10.2 Å². The highest BCUT2D eigenvalue weighted by molar-refractivity contribution is 7.92. The average Bonchev–Trinajstić information content (AvgIpc) is 3.05. The molecule has 2 heterocycles. The number of hydrogen-bond acceptors (Lipinski definition) is 7. The molecular formula is C26H32FN4O6PS. The Bertz CT molecular complexity index is 1560. The van der Waals surface area contributed by atoms with Crippen molar-refractivity contribution in [1.29, 1.82) is 0 Å². The van der Waals surface area contributed by atoms with Gasteiger partial charge in [-0.15, -0.1) is 0 Å². The SMILES string of the molecule is CCOP1(=O)N=C(C2=C(O)C(C(C)(C)C)N(Cc3ccc(F)c(C)c3)C2=O)Nc2ccc(NS(C)(=O)=O)cc21. The zero-order valence-corrected chi connectivity index (χ0v) is 24.3. The molecule has 0 radical (unpaired) electrons. The number of halogens is 1. The number of anilines is 2. The van der Waals surface area contributed by atoms with E-state index in [9.17, 15) is 27.3 Å². The van der Waals surface area contributed by atoms with Crippen molar-refractivity contribution in [2.45, 2.75) is 47.2 Å². The van der Waals surface area contributed by atoms with Crippen molar-refractivity contribution in [1.82, 2.24) is 4.90 Å². The third-order valence-electron chi connectivity index (χ3n) is 6.33. The van der Waals surface area contributed by atoms with Gasteiger partial charge in [0.1, 0.15) is 17.1 Å². The molecule has 13 heteroatoms. The molecule has 39 heavy (non-hydrogen) atoms. The largest absolute Gasteiger partial charge is 0.509 e. The van der Waals surface area contributed by atoms with Crippen molar-refractivity contribution < 1.29 is 31.8 Å². The summed E-state index contributed by atoms with van der Waals surface area (Å²) in [4.78, 5) is 15.3. The van der Waals surface area contributed by atoms with E-state index in [1.165, 1.54) is 29.2 Å². The maximum atomic E-state index is 14.0. The van der Waals surface area contributed by atoms with Crippen LogP contribution in [0, 0.1) is 18.2 Å². The first-order chi connectivity index (χ1) is 18.0. The summed E-state index contributed by atoms with van der Waals surface area (Å²) in [7, 11) is -7.58. The Hall–Kier alpha value is -3.21. The molecule has 2 aliphatic heterocycles. The van der Waals surface area contributed by atoms with Crippen molar-refractivity contribution in [2.75, 3.05) is 22.9 Å². The number of aliphatic hydroxyl groups excluding tert-OH is 1. The molecule has 2 aromatic carbocycles. The van der Waals surface area contributed by atoms with Crippen LogP contribution in [-0.4, -0.2) is 49.1 Å². The van der Waals surface area contributed by atoms with Crippen LogP contribution in [-0.2, 0) is 30.5 Å². The van der Waals surface area contributed by atoms with Crippen molar-refractivity contribution in [3.8, 4) is 0 Å². The Labute approximate surface area is 227 Å². The number of amides is 1. The van der Waals surface area contributed by atoms with E-state index in [1.54, 1.807) is 26.0 Å². The fraction of sp³-hybridized carbons (Fsp3) is 0.385. The first kappa shape index (κ1) is 28.8. The fourth-order valence-corrected chi connectivity index (χ4v) is 7.15. The van der Waals surface area contributed by atoms with E-state index in [0.717, 1.165) is 6.26 Å². The number of sulfonamides is 1. The monoisotopic (exact) mass is 578 g/mol. The van der Waals surface area contributed by atoms with E-state index in [-0.39, 0.29) is 47.1 Å². The number of rotatable bonds is 7. The molecule has 2 atom stereocenters. The van der Waals surface area contributed by atoms with Gasteiger partial charge < -0.3 is 19.8 Å². The van der Waals surface area contributed by atoms with Gasteiger partial charge in [-0.2, -0.15) is 4.76 Å². The third-order valence-corrected chi connectivity index (χ3v) is 8.98. The Morgan fingerprint density at radius 3 is 2.51 bits per heavy atom. The second-order valence-electron chi connectivity index (χ2n) is 10.7. The number of aliphatic hydroxyl groups is 1. The molecule has 4 rings (SSSR count). The van der Waals surface area contributed by atoms with Crippen LogP contribution in [0.15, 0.2) is 52.5 Å². The van der Waals surface area contributed by atoms with Crippen LogP contribution >= 0.6 is 7.52 Å². The minimum absolute atomic E-state index is 0.0247. The van der Waals surface area contributed by atoms with Gasteiger partial charge in [-0.25, -0.2) is 12.8 Å². The molecule has 3 N–H and O–H groups in total. The fourth-order valence-electron chi connectivity index (χ4n) is 4.79. The molecule has 0 aliphatic carbocycles. The quantitative estimate of drug-likeness (QED) is 0.413. The Morgan fingerprint density at radius 2 is 1.92 bits per heavy atom.